The highest BCUT2D eigenvalue weighted by Gasteiger charge is 2.21. The van der Waals surface area contributed by atoms with Crippen molar-refractivity contribution in [1.29, 1.82) is 0 Å². The van der Waals surface area contributed by atoms with Gasteiger partial charge in [-0.05, 0) is 58.7 Å². The molecular formula is C24H24. The van der Waals surface area contributed by atoms with Crippen molar-refractivity contribution < 1.29 is 0 Å². The molecule has 0 radical (unpaired) electrons. The molecule has 1 atom stereocenters. The lowest BCUT2D eigenvalue weighted by atomic mass is 9.89. The Morgan fingerprint density at radius 3 is 2.46 bits per heavy atom. The maximum Gasteiger partial charge on any atom is 0.00502 e. The van der Waals surface area contributed by atoms with Gasteiger partial charge in [-0.3, -0.25) is 0 Å². The predicted octanol–water partition coefficient (Wildman–Crippen LogP) is 6.63. The van der Waals surface area contributed by atoms with Gasteiger partial charge in [-0.15, -0.1) is 0 Å². The zero-order valence-electron chi connectivity index (χ0n) is 14.7. The van der Waals surface area contributed by atoms with Gasteiger partial charge in [0.25, 0.3) is 0 Å². The van der Waals surface area contributed by atoms with Crippen LogP contribution in [-0.2, 0) is 0 Å². The van der Waals surface area contributed by atoms with Gasteiger partial charge in [0, 0.05) is 5.92 Å². The second-order valence-electron chi connectivity index (χ2n) is 7.37. The van der Waals surface area contributed by atoms with E-state index in [0.717, 1.165) is 6.42 Å². The van der Waals surface area contributed by atoms with Crippen molar-refractivity contribution in [2.24, 2.45) is 5.92 Å². The summed E-state index contributed by atoms with van der Waals surface area (Å²) in [5.41, 5.74) is 9.64. The molecule has 4 rings (SSSR count). The van der Waals surface area contributed by atoms with E-state index in [2.05, 4.69) is 87.5 Å². The monoisotopic (exact) mass is 312 g/mol. The van der Waals surface area contributed by atoms with Crippen LogP contribution in [0.25, 0.3) is 17.2 Å². The van der Waals surface area contributed by atoms with Crippen LogP contribution < -0.4 is 0 Å². The lowest BCUT2D eigenvalue weighted by Crippen LogP contribution is -2.01. The largest absolute Gasteiger partial charge is 0.0761 e. The first-order valence-electron chi connectivity index (χ1n) is 8.92. The molecule has 0 nitrogen and oxygen atoms in total. The summed E-state index contributed by atoms with van der Waals surface area (Å²) in [6, 6.07) is 15.8. The summed E-state index contributed by atoms with van der Waals surface area (Å²) in [5, 5.41) is 0. The summed E-state index contributed by atoms with van der Waals surface area (Å²) >= 11 is 0. The van der Waals surface area contributed by atoms with Gasteiger partial charge in [0.1, 0.15) is 0 Å². The summed E-state index contributed by atoms with van der Waals surface area (Å²) in [6.07, 6.45) is 10.4. The first kappa shape index (κ1) is 15.2. The summed E-state index contributed by atoms with van der Waals surface area (Å²) in [7, 11) is 0. The van der Waals surface area contributed by atoms with Crippen LogP contribution in [0.5, 0.6) is 0 Å². The number of hydrogen-bond donors (Lipinski definition) is 0. The van der Waals surface area contributed by atoms with E-state index >= 15 is 0 Å². The van der Waals surface area contributed by atoms with Gasteiger partial charge in [0.05, 0.1) is 0 Å². The third kappa shape index (κ3) is 2.67. The molecule has 0 saturated carbocycles. The van der Waals surface area contributed by atoms with Gasteiger partial charge < -0.3 is 0 Å². The van der Waals surface area contributed by atoms with Crippen molar-refractivity contribution in [2.45, 2.75) is 33.1 Å². The van der Waals surface area contributed by atoms with E-state index in [1.807, 2.05) is 0 Å². The van der Waals surface area contributed by atoms with E-state index in [-0.39, 0.29) is 0 Å². The average Bonchev–Trinajstić information content (AvgIpc) is 3.22. The molecule has 0 heteroatoms. The number of allylic oxidation sites excluding steroid dienone is 5. The Labute approximate surface area is 145 Å². The maximum atomic E-state index is 2.36. The fraction of sp³-hybridized carbons (Fsp3) is 0.250. The molecule has 0 spiro atoms. The highest BCUT2D eigenvalue weighted by Crippen LogP contribution is 2.38. The van der Waals surface area contributed by atoms with E-state index in [1.54, 1.807) is 0 Å². The number of benzene rings is 2. The molecule has 0 saturated heterocycles. The Morgan fingerprint density at radius 1 is 0.958 bits per heavy atom. The summed E-state index contributed by atoms with van der Waals surface area (Å²) < 4.78 is 0. The van der Waals surface area contributed by atoms with Crippen molar-refractivity contribution in [3.05, 3.63) is 88.5 Å². The van der Waals surface area contributed by atoms with Crippen molar-refractivity contribution in [1.82, 2.24) is 0 Å². The van der Waals surface area contributed by atoms with E-state index < -0.39 is 0 Å². The fourth-order valence-electron chi connectivity index (χ4n) is 3.79. The average molecular weight is 312 g/mol. The van der Waals surface area contributed by atoms with Crippen LogP contribution in [0.4, 0.5) is 0 Å². The highest BCUT2D eigenvalue weighted by atomic mass is 14.2. The van der Waals surface area contributed by atoms with Gasteiger partial charge in [-0.1, -0.05) is 80.1 Å². The first-order chi connectivity index (χ1) is 11.6. The van der Waals surface area contributed by atoms with E-state index in [4.69, 9.17) is 0 Å². The minimum atomic E-state index is 0.574. The third-order valence-corrected chi connectivity index (χ3v) is 5.27. The van der Waals surface area contributed by atoms with E-state index in [0.29, 0.717) is 11.8 Å². The standard InChI is InChI=1S/C24H24/c1-16(2)23-12-11-22-15-21(10-13-24(22)23)20-9-8-19(14-20)18-6-4-17(3)5-7-18/h4-7,9-16,23H,8H2,1-3H3. The maximum absolute atomic E-state index is 2.36. The van der Waals surface area contributed by atoms with Gasteiger partial charge >= 0.3 is 0 Å². The fourth-order valence-corrected chi connectivity index (χ4v) is 3.79. The Hall–Kier alpha value is -2.34. The smallest absolute Gasteiger partial charge is 0.00502 e. The number of fused-ring (bicyclic) bond motifs is 1. The molecule has 0 aromatic heterocycles. The molecule has 2 aliphatic rings. The first-order valence-corrected chi connectivity index (χ1v) is 8.92. The van der Waals surface area contributed by atoms with Crippen molar-refractivity contribution in [3.63, 3.8) is 0 Å². The molecule has 24 heavy (non-hydrogen) atoms. The zero-order valence-corrected chi connectivity index (χ0v) is 14.7. The normalized spacial score (nSPS) is 18.8. The molecule has 2 aromatic carbocycles. The molecule has 2 aliphatic carbocycles. The SMILES string of the molecule is Cc1ccc(C2=CC(c3ccc4c(c3)C=CC4C(C)C)=CC2)cc1. The van der Waals surface area contributed by atoms with Crippen LogP contribution in [0.3, 0.4) is 0 Å². The van der Waals surface area contributed by atoms with Crippen LogP contribution in [0, 0.1) is 12.8 Å². The Morgan fingerprint density at radius 2 is 1.71 bits per heavy atom. The molecule has 0 bridgehead atoms. The van der Waals surface area contributed by atoms with Crippen LogP contribution in [-0.4, -0.2) is 0 Å². The summed E-state index contributed by atoms with van der Waals surface area (Å²) in [6.45, 7) is 6.74. The topological polar surface area (TPSA) is 0 Å². The molecule has 0 aliphatic heterocycles. The van der Waals surface area contributed by atoms with Gasteiger partial charge in [-0.25, -0.2) is 0 Å². The molecular weight excluding hydrogens is 288 g/mol. The third-order valence-electron chi connectivity index (χ3n) is 5.27. The second kappa shape index (κ2) is 5.94. The van der Waals surface area contributed by atoms with Crippen LogP contribution in [0.15, 0.2) is 60.7 Å². The number of rotatable bonds is 3. The van der Waals surface area contributed by atoms with Crippen molar-refractivity contribution in [3.8, 4) is 0 Å². The Kier molecular flexibility index (Phi) is 3.76. The summed E-state index contributed by atoms with van der Waals surface area (Å²) in [4.78, 5) is 0. The van der Waals surface area contributed by atoms with Crippen molar-refractivity contribution >= 4 is 17.2 Å². The minimum Gasteiger partial charge on any atom is -0.0761 e. The molecule has 1 unspecified atom stereocenters. The minimum absolute atomic E-state index is 0.574. The second-order valence-corrected chi connectivity index (χ2v) is 7.37. The van der Waals surface area contributed by atoms with Crippen LogP contribution in [0.2, 0.25) is 0 Å². The van der Waals surface area contributed by atoms with E-state index in [1.165, 1.54) is 39.0 Å². The quantitative estimate of drug-likeness (QED) is 0.596. The molecule has 0 N–H and O–H groups in total. The number of aryl methyl sites for hydroxylation is 1. The lowest BCUT2D eigenvalue weighted by molar-refractivity contribution is 0.584. The molecule has 0 fully saturated rings. The van der Waals surface area contributed by atoms with Crippen molar-refractivity contribution in [2.75, 3.05) is 0 Å². The molecule has 0 heterocycles. The van der Waals surface area contributed by atoms with Gasteiger partial charge in [-0.2, -0.15) is 0 Å². The number of hydrogen-bond acceptors (Lipinski definition) is 0. The van der Waals surface area contributed by atoms with Gasteiger partial charge in [0.15, 0.2) is 0 Å². The molecule has 2 aromatic rings. The predicted molar refractivity (Wildman–Crippen MR) is 105 cm³/mol. The summed E-state index contributed by atoms with van der Waals surface area (Å²) in [5.74, 6) is 1.23. The zero-order chi connectivity index (χ0) is 16.7. The van der Waals surface area contributed by atoms with Crippen LogP contribution in [0.1, 0.15) is 54.0 Å². The van der Waals surface area contributed by atoms with E-state index in [9.17, 15) is 0 Å². The lowest BCUT2D eigenvalue weighted by Gasteiger charge is -2.15. The molecule has 120 valence electrons. The Balaban J connectivity index is 1.62. The Bertz CT molecular complexity index is 857. The molecule has 0 amide bonds. The van der Waals surface area contributed by atoms with Crippen LogP contribution >= 0.6 is 0 Å². The highest BCUT2D eigenvalue weighted by molar-refractivity contribution is 5.90. The van der Waals surface area contributed by atoms with Gasteiger partial charge in [0.2, 0.25) is 0 Å².